The normalized spacial score (nSPS) is 29.9. The molecule has 2 heterocycles. The molecule has 1 saturated heterocycles. The fourth-order valence-electron chi connectivity index (χ4n) is 2.11. The van der Waals surface area contributed by atoms with Crippen molar-refractivity contribution < 1.29 is 20.1 Å². The lowest BCUT2D eigenvalue weighted by atomic mass is 10.0. The smallest absolute Gasteiger partial charge is 0.248 e. The van der Waals surface area contributed by atoms with Crippen molar-refractivity contribution in [2.75, 3.05) is 6.61 Å². The van der Waals surface area contributed by atoms with Crippen LogP contribution in [0.5, 0.6) is 0 Å². The lowest BCUT2D eigenvalue weighted by Crippen LogP contribution is -2.32. The number of nitrogens with one attached hydrogen (secondary N) is 1. The molecule has 0 bridgehead atoms. The first-order valence-corrected chi connectivity index (χ1v) is 5.87. The van der Waals surface area contributed by atoms with E-state index in [2.05, 4.69) is 16.8 Å². The number of hydrogen-bond acceptors (Lipinski definition) is 5. The van der Waals surface area contributed by atoms with Crippen LogP contribution in [-0.2, 0) is 4.74 Å². The van der Waals surface area contributed by atoms with E-state index >= 15 is 0 Å². The zero-order valence-electron chi connectivity index (χ0n) is 10.3. The summed E-state index contributed by atoms with van der Waals surface area (Å²) < 4.78 is 5.41. The molecule has 0 saturated carbocycles. The first-order valence-electron chi connectivity index (χ1n) is 5.87. The first kappa shape index (κ1) is 13.8. The topological polar surface area (TPSA) is 103 Å². The lowest BCUT2D eigenvalue weighted by molar-refractivity contribution is -0.0229. The molecule has 6 nitrogen and oxygen atoms in total. The van der Waals surface area contributed by atoms with Gasteiger partial charge < -0.3 is 25.0 Å². The van der Waals surface area contributed by atoms with Gasteiger partial charge >= 0.3 is 0 Å². The van der Waals surface area contributed by atoms with Crippen LogP contribution in [0.25, 0.3) is 0 Å². The fraction of sp³-hybridized carbons (Fsp3) is 0.462. The summed E-state index contributed by atoms with van der Waals surface area (Å²) in [6, 6.07) is 2.80. The molecule has 0 spiro atoms. The van der Waals surface area contributed by atoms with Gasteiger partial charge in [-0.3, -0.25) is 4.79 Å². The molecule has 0 amide bonds. The average molecular weight is 265 g/mol. The molecule has 102 valence electrons. The highest BCUT2D eigenvalue weighted by atomic mass is 16.6. The van der Waals surface area contributed by atoms with Crippen molar-refractivity contribution in [1.82, 2.24) is 4.98 Å². The molecule has 4 atom stereocenters. The highest BCUT2D eigenvalue weighted by molar-refractivity contribution is 5.37. The SMILES string of the molecule is CC#Cc1[nH]c(=O)ccc1[C@@H]1O[C@H](CO)C(O)[C@@H]1O. The molecule has 4 N–H and O–H groups in total. The molecule has 0 aromatic carbocycles. The van der Waals surface area contributed by atoms with Gasteiger partial charge in [-0.15, -0.1) is 0 Å². The number of aromatic nitrogens is 1. The van der Waals surface area contributed by atoms with Gasteiger partial charge in [0.2, 0.25) is 5.56 Å². The van der Waals surface area contributed by atoms with E-state index in [1.807, 2.05) is 0 Å². The van der Waals surface area contributed by atoms with Crippen LogP contribution in [0.15, 0.2) is 16.9 Å². The third kappa shape index (κ3) is 2.55. The Labute approximate surface area is 109 Å². The second kappa shape index (κ2) is 5.55. The van der Waals surface area contributed by atoms with Gasteiger partial charge in [-0.05, 0) is 18.9 Å². The van der Waals surface area contributed by atoms with E-state index in [4.69, 9.17) is 9.84 Å². The third-order valence-corrected chi connectivity index (χ3v) is 3.05. The van der Waals surface area contributed by atoms with Crippen molar-refractivity contribution in [3.63, 3.8) is 0 Å². The first-order chi connectivity index (χ1) is 9.08. The Hall–Kier alpha value is -1.65. The maximum atomic E-state index is 11.3. The van der Waals surface area contributed by atoms with Gasteiger partial charge in [0.15, 0.2) is 0 Å². The van der Waals surface area contributed by atoms with Crippen LogP contribution < -0.4 is 5.56 Å². The summed E-state index contributed by atoms with van der Waals surface area (Å²) in [5.41, 5.74) is 0.509. The van der Waals surface area contributed by atoms with Crippen molar-refractivity contribution in [3.05, 3.63) is 33.7 Å². The van der Waals surface area contributed by atoms with Crippen molar-refractivity contribution in [3.8, 4) is 11.8 Å². The lowest BCUT2D eigenvalue weighted by Gasteiger charge is -2.16. The van der Waals surface area contributed by atoms with Gasteiger partial charge in [0.1, 0.15) is 24.4 Å². The summed E-state index contributed by atoms with van der Waals surface area (Å²) in [5, 5.41) is 28.7. The molecule has 19 heavy (non-hydrogen) atoms. The van der Waals surface area contributed by atoms with Crippen LogP contribution in [0.2, 0.25) is 0 Å². The number of ether oxygens (including phenoxy) is 1. The minimum Gasteiger partial charge on any atom is -0.394 e. The van der Waals surface area contributed by atoms with Crippen LogP contribution in [0.1, 0.15) is 24.3 Å². The third-order valence-electron chi connectivity index (χ3n) is 3.05. The van der Waals surface area contributed by atoms with Gasteiger partial charge in [0.05, 0.1) is 12.3 Å². The standard InChI is InChI=1S/C13H15NO5/c1-2-3-8-7(4-5-10(16)14-8)13-12(18)11(17)9(6-15)19-13/h4-5,9,11-13,15,17-18H,6H2,1H3,(H,14,16)/t9-,11?,12+,13+/m1/s1. The van der Waals surface area contributed by atoms with Crippen molar-refractivity contribution in [1.29, 1.82) is 0 Å². The Balaban J connectivity index is 2.41. The highest BCUT2D eigenvalue weighted by Crippen LogP contribution is 2.34. The molecule has 1 fully saturated rings. The Bertz CT molecular complexity index is 570. The molecule has 1 aromatic rings. The molecular formula is C13H15NO5. The summed E-state index contributed by atoms with van der Waals surface area (Å²) >= 11 is 0. The minimum absolute atomic E-state index is 0.312. The predicted octanol–water partition coefficient (Wildman–Crippen LogP) is -1.10. The quantitative estimate of drug-likeness (QED) is 0.508. The molecule has 0 radical (unpaired) electrons. The molecule has 6 heteroatoms. The van der Waals surface area contributed by atoms with Gasteiger partial charge in [0, 0.05) is 11.6 Å². The zero-order valence-corrected chi connectivity index (χ0v) is 10.3. The Morgan fingerprint density at radius 3 is 2.68 bits per heavy atom. The molecule has 1 aliphatic heterocycles. The number of aliphatic hydroxyl groups is 3. The molecule has 1 unspecified atom stereocenters. The van der Waals surface area contributed by atoms with Gasteiger partial charge in [-0.2, -0.15) is 0 Å². The maximum Gasteiger partial charge on any atom is 0.248 e. The number of pyridine rings is 1. The van der Waals surface area contributed by atoms with Crippen molar-refractivity contribution in [2.24, 2.45) is 0 Å². The van der Waals surface area contributed by atoms with Gasteiger partial charge in [0.25, 0.3) is 0 Å². The minimum atomic E-state index is -1.18. The van der Waals surface area contributed by atoms with E-state index < -0.39 is 31.0 Å². The number of H-pyrrole nitrogens is 1. The maximum absolute atomic E-state index is 11.3. The molecule has 1 aliphatic rings. The summed E-state index contributed by atoms with van der Waals surface area (Å²) in [7, 11) is 0. The van der Waals surface area contributed by atoms with Crippen LogP contribution in [0.3, 0.4) is 0 Å². The Morgan fingerprint density at radius 1 is 1.37 bits per heavy atom. The number of hydrogen-bond donors (Lipinski definition) is 4. The average Bonchev–Trinajstić information content (AvgIpc) is 2.67. The zero-order chi connectivity index (χ0) is 14.0. The second-order valence-electron chi connectivity index (χ2n) is 4.29. The Morgan fingerprint density at radius 2 is 2.11 bits per heavy atom. The monoisotopic (exact) mass is 265 g/mol. The van der Waals surface area contributed by atoms with Crippen molar-refractivity contribution in [2.45, 2.75) is 31.3 Å². The summed E-state index contributed by atoms with van der Waals surface area (Å²) in [6.45, 7) is 1.22. The van der Waals surface area contributed by atoms with Gasteiger partial charge in [-0.25, -0.2) is 0 Å². The van der Waals surface area contributed by atoms with E-state index in [0.29, 0.717) is 11.3 Å². The molecular weight excluding hydrogens is 250 g/mol. The van der Waals surface area contributed by atoms with Crippen LogP contribution >= 0.6 is 0 Å². The van der Waals surface area contributed by atoms with Crippen LogP contribution in [0.4, 0.5) is 0 Å². The molecule has 0 aliphatic carbocycles. The predicted molar refractivity (Wildman–Crippen MR) is 66.3 cm³/mol. The van der Waals surface area contributed by atoms with E-state index in [-0.39, 0.29) is 5.56 Å². The van der Waals surface area contributed by atoms with Crippen LogP contribution in [-0.4, -0.2) is 45.2 Å². The number of aliphatic hydroxyl groups excluding tert-OH is 3. The molecule has 2 rings (SSSR count). The fourth-order valence-corrected chi connectivity index (χ4v) is 2.11. The Kier molecular flexibility index (Phi) is 4.02. The van der Waals surface area contributed by atoms with E-state index in [1.165, 1.54) is 12.1 Å². The molecule has 1 aromatic heterocycles. The summed E-state index contributed by atoms with van der Waals surface area (Å²) in [5.74, 6) is 5.38. The summed E-state index contributed by atoms with van der Waals surface area (Å²) in [4.78, 5) is 13.8. The van der Waals surface area contributed by atoms with E-state index in [1.54, 1.807) is 6.92 Å². The van der Waals surface area contributed by atoms with Crippen LogP contribution in [0, 0.1) is 11.8 Å². The number of aromatic amines is 1. The second-order valence-corrected chi connectivity index (χ2v) is 4.29. The summed E-state index contributed by atoms with van der Waals surface area (Å²) in [6.07, 6.45) is -4.04. The highest BCUT2D eigenvalue weighted by Gasteiger charge is 2.43. The van der Waals surface area contributed by atoms with Crippen molar-refractivity contribution >= 4 is 0 Å². The van der Waals surface area contributed by atoms with Gasteiger partial charge in [-0.1, -0.05) is 5.92 Å². The largest absolute Gasteiger partial charge is 0.394 e. The number of rotatable bonds is 2. The van der Waals surface area contributed by atoms with E-state index in [0.717, 1.165) is 0 Å². The van der Waals surface area contributed by atoms with E-state index in [9.17, 15) is 15.0 Å².